The summed E-state index contributed by atoms with van der Waals surface area (Å²) in [5.74, 6) is -1.81. The average Bonchev–Trinajstić information content (AvgIpc) is 3.31. The van der Waals surface area contributed by atoms with E-state index in [1.807, 2.05) is 0 Å². The fraction of sp³-hybridized carbons (Fsp3) is 0.100. The number of hydrogen-bond acceptors (Lipinski definition) is 4. The van der Waals surface area contributed by atoms with Gasteiger partial charge in [0.05, 0.1) is 32.5 Å². The van der Waals surface area contributed by atoms with Crippen molar-refractivity contribution >= 4 is 27.5 Å². The molecule has 0 N–H and O–H groups in total. The van der Waals surface area contributed by atoms with Gasteiger partial charge in [-0.1, -0.05) is 22.8 Å². The van der Waals surface area contributed by atoms with Crippen LogP contribution in [0.3, 0.4) is 0 Å². The summed E-state index contributed by atoms with van der Waals surface area (Å²) in [6.45, 7) is 0. The van der Waals surface area contributed by atoms with Crippen molar-refractivity contribution in [3.8, 4) is 34.0 Å². The predicted octanol–water partition coefficient (Wildman–Crippen LogP) is 7.67. The highest BCUT2D eigenvalue weighted by molar-refractivity contribution is 9.10. The van der Waals surface area contributed by atoms with E-state index in [9.17, 15) is 30.7 Å². The Labute approximate surface area is 198 Å². The Balaban J connectivity index is 1.81. The predicted molar refractivity (Wildman–Crippen MR) is 109 cm³/mol. The molecule has 0 bridgehead atoms. The lowest BCUT2D eigenvalue weighted by Gasteiger charge is -2.13. The number of rotatable bonds is 4. The van der Waals surface area contributed by atoms with E-state index in [2.05, 4.69) is 30.9 Å². The molecule has 0 fully saturated rings. The van der Waals surface area contributed by atoms with Crippen molar-refractivity contribution in [1.29, 1.82) is 0 Å². The van der Waals surface area contributed by atoms with Gasteiger partial charge in [0, 0.05) is 0 Å². The van der Waals surface area contributed by atoms with E-state index >= 15 is 0 Å². The van der Waals surface area contributed by atoms with Crippen molar-refractivity contribution in [3.05, 3.63) is 69.7 Å². The number of ether oxygens (including phenoxy) is 1. The van der Waals surface area contributed by atoms with Crippen LogP contribution in [0.4, 0.5) is 30.7 Å². The number of alkyl halides is 6. The molecule has 0 atom stereocenters. The van der Waals surface area contributed by atoms with Crippen LogP contribution in [0.2, 0.25) is 5.02 Å². The molecule has 0 radical (unpaired) electrons. The summed E-state index contributed by atoms with van der Waals surface area (Å²) in [7, 11) is 0. The molecule has 0 unspecified atom stereocenters. The molecule has 14 heteroatoms. The summed E-state index contributed by atoms with van der Waals surface area (Å²) in [4.78, 5) is 0. The lowest BCUT2D eigenvalue weighted by Crippen LogP contribution is -2.17. The third kappa shape index (κ3) is 4.62. The zero-order valence-corrected chi connectivity index (χ0v) is 18.5. The first-order valence-electron chi connectivity index (χ1n) is 8.98. The van der Waals surface area contributed by atoms with Gasteiger partial charge < -0.3 is 9.26 Å². The zero-order valence-electron chi connectivity index (χ0n) is 16.2. The molecule has 0 saturated carbocycles. The molecule has 34 heavy (non-hydrogen) atoms. The maximum atomic E-state index is 14.3. The second-order valence-corrected chi connectivity index (χ2v) is 7.83. The minimum absolute atomic E-state index is 0.0477. The Hall–Kier alpha value is -3.06. The van der Waals surface area contributed by atoms with Crippen molar-refractivity contribution in [2.75, 3.05) is 0 Å². The Morgan fingerprint density at radius 2 is 1.68 bits per heavy atom. The summed E-state index contributed by atoms with van der Waals surface area (Å²) in [5.41, 5.74) is -2.43. The molecule has 0 amide bonds. The maximum absolute atomic E-state index is 14.3. The van der Waals surface area contributed by atoms with E-state index in [1.165, 1.54) is 12.1 Å². The van der Waals surface area contributed by atoms with E-state index in [0.29, 0.717) is 4.68 Å². The van der Waals surface area contributed by atoms with Crippen molar-refractivity contribution < 1.29 is 40.0 Å². The van der Waals surface area contributed by atoms with Crippen LogP contribution in [0.5, 0.6) is 5.75 Å². The first-order valence-corrected chi connectivity index (χ1v) is 10.1. The van der Waals surface area contributed by atoms with Gasteiger partial charge >= 0.3 is 12.5 Å². The van der Waals surface area contributed by atoms with Crippen LogP contribution < -0.4 is 4.74 Å². The first kappa shape index (κ1) is 24.1. The maximum Gasteiger partial charge on any atom is 0.573 e. The Morgan fingerprint density at radius 3 is 2.26 bits per heavy atom. The molecule has 0 aliphatic rings. The molecule has 4 aromatic rings. The second-order valence-electron chi connectivity index (χ2n) is 6.63. The quantitative estimate of drug-likeness (QED) is 0.236. The standard InChI is InChI=1S/C20H8BrClF7N3O2/c21-15-16(14-12(22)2-1-3-13(14)23)31-34-17(15)11-8-30-32(18(11)19(24,25)26)9-4-6-10(7-5-9)33-20(27,28)29/h1-8H. The van der Waals surface area contributed by atoms with E-state index < -0.39 is 41.1 Å². The Kier molecular flexibility index (Phi) is 6.10. The molecule has 0 aliphatic carbocycles. The lowest BCUT2D eigenvalue weighted by molar-refractivity contribution is -0.274. The van der Waals surface area contributed by atoms with E-state index in [1.54, 1.807) is 0 Å². The highest BCUT2D eigenvalue weighted by Gasteiger charge is 2.41. The van der Waals surface area contributed by atoms with Gasteiger partial charge in [-0.2, -0.15) is 18.3 Å². The molecule has 4 rings (SSSR count). The Bertz CT molecular complexity index is 1330. The molecule has 2 aromatic heterocycles. The van der Waals surface area contributed by atoms with Crippen molar-refractivity contribution in [2.24, 2.45) is 0 Å². The smallest absolute Gasteiger partial charge is 0.406 e. The monoisotopic (exact) mass is 569 g/mol. The molecule has 5 nitrogen and oxygen atoms in total. The van der Waals surface area contributed by atoms with Crippen molar-refractivity contribution in [1.82, 2.24) is 14.9 Å². The molecular formula is C20H8BrClF7N3O2. The van der Waals surface area contributed by atoms with Crippen LogP contribution in [0.1, 0.15) is 5.69 Å². The topological polar surface area (TPSA) is 53.1 Å². The number of halogens is 9. The first-order chi connectivity index (χ1) is 15.9. The fourth-order valence-electron chi connectivity index (χ4n) is 3.10. The number of benzene rings is 2. The number of nitrogens with zero attached hydrogens (tertiary/aromatic N) is 3. The Morgan fingerprint density at radius 1 is 1.00 bits per heavy atom. The lowest BCUT2D eigenvalue weighted by atomic mass is 10.1. The van der Waals surface area contributed by atoms with E-state index in [0.717, 1.165) is 36.5 Å². The molecule has 178 valence electrons. The van der Waals surface area contributed by atoms with Crippen LogP contribution in [0.25, 0.3) is 28.3 Å². The van der Waals surface area contributed by atoms with Gasteiger partial charge in [-0.25, -0.2) is 9.07 Å². The average molecular weight is 571 g/mol. The second kappa shape index (κ2) is 8.62. The largest absolute Gasteiger partial charge is 0.573 e. The van der Waals surface area contributed by atoms with Crippen molar-refractivity contribution in [2.45, 2.75) is 12.5 Å². The van der Waals surface area contributed by atoms with Gasteiger partial charge in [-0.05, 0) is 52.3 Å². The summed E-state index contributed by atoms with van der Waals surface area (Å²) in [5, 5.41) is 7.33. The van der Waals surface area contributed by atoms with Crippen LogP contribution in [0.15, 0.2) is 57.7 Å². The molecule has 2 aromatic carbocycles. The van der Waals surface area contributed by atoms with Gasteiger partial charge in [0.15, 0.2) is 11.5 Å². The van der Waals surface area contributed by atoms with Crippen LogP contribution >= 0.6 is 27.5 Å². The van der Waals surface area contributed by atoms with Gasteiger partial charge in [-0.3, -0.25) is 0 Å². The summed E-state index contributed by atoms with van der Waals surface area (Å²) in [6, 6.07) is 7.41. The van der Waals surface area contributed by atoms with Crippen molar-refractivity contribution in [3.63, 3.8) is 0 Å². The molecule has 0 aliphatic heterocycles. The fourth-order valence-corrected chi connectivity index (χ4v) is 3.91. The highest BCUT2D eigenvalue weighted by atomic mass is 79.9. The summed E-state index contributed by atoms with van der Waals surface area (Å²) >= 11 is 9.10. The zero-order chi connectivity index (χ0) is 24.8. The van der Waals surface area contributed by atoms with Gasteiger partial charge in [-0.15, -0.1) is 13.2 Å². The molecule has 0 saturated heterocycles. The number of aromatic nitrogens is 3. The van der Waals surface area contributed by atoms with Crippen LogP contribution in [-0.2, 0) is 6.18 Å². The van der Waals surface area contributed by atoms with Gasteiger partial charge in [0.1, 0.15) is 17.3 Å². The summed E-state index contributed by atoms with van der Waals surface area (Å²) in [6.07, 6.45) is -9.11. The van der Waals surface area contributed by atoms with E-state index in [4.69, 9.17) is 16.1 Å². The van der Waals surface area contributed by atoms with Gasteiger partial charge in [0.25, 0.3) is 0 Å². The minimum atomic E-state index is -4.98. The number of hydrogen-bond donors (Lipinski definition) is 0. The minimum Gasteiger partial charge on any atom is -0.406 e. The third-order valence-corrected chi connectivity index (χ3v) is 5.48. The molecule has 0 spiro atoms. The van der Waals surface area contributed by atoms with Gasteiger partial charge in [0.2, 0.25) is 0 Å². The van der Waals surface area contributed by atoms with E-state index in [-0.39, 0.29) is 26.4 Å². The molecule has 2 heterocycles. The highest BCUT2D eigenvalue weighted by Crippen LogP contribution is 2.44. The summed E-state index contributed by atoms with van der Waals surface area (Å²) < 4.78 is 103. The SMILES string of the molecule is Fc1cccc(Cl)c1-c1noc(-c2cnn(-c3ccc(OC(F)(F)F)cc3)c2C(F)(F)F)c1Br. The third-order valence-electron chi connectivity index (χ3n) is 4.43. The molecular weight excluding hydrogens is 563 g/mol. The normalized spacial score (nSPS) is 12.3. The van der Waals surface area contributed by atoms with Crippen LogP contribution in [0, 0.1) is 5.82 Å². The van der Waals surface area contributed by atoms with Crippen LogP contribution in [-0.4, -0.2) is 21.3 Å².